The van der Waals surface area contributed by atoms with E-state index in [0.29, 0.717) is 17.5 Å². The van der Waals surface area contributed by atoms with Gasteiger partial charge in [0.05, 0.1) is 11.2 Å². The Morgan fingerprint density at radius 2 is 0.741 bits per heavy atom. The molecule has 1 aliphatic rings. The van der Waals surface area contributed by atoms with Crippen molar-refractivity contribution >= 4 is 29.6 Å². The SMILES string of the molecule is CC1(C)OB(c2ccc(N(c3ccccc3)c3ccc(-c4ccccc4)cc3)cc2-c2ccc(-c3nc(-c4ccccc4)nc(-c4ccccc4)n3)cc2)OC1(C)C. The van der Waals surface area contributed by atoms with Gasteiger partial charge >= 0.3 is 7.12 Å². The van der Waals surface area contributed by atoms with Crippen LogP contribution in [0.15, 0.2) is 188 Å². The molecule has 1 aliphatic heterocycles. The molecule has 8 aromatic rings. The fourth-order valence-electron chi connectivity index (χ4n) is 7.30. The maximum atomic E-state index is 6.68. The molecule has 0 amide bonds. The second-order valence-corrected chi connectivity index (χ2v) is 15.6. The van der Waals surface area contributed by atoms with Crippen molar-refractivity contribution in [3.63, 3.8) is 0 Å². The molecule has 58 heavy (non-hydrogen) atoms. The highest BCUT2D eigenvalue weighted by Crippen LogP contribution is 2.40. The third-order valence-corrected chi connectivity index (χ3v) is 11.2. The fourth-order valence-corrected chi connectivity index (χ4v) is 7.30. The number of para-hydroxylation sites is 1. The standard InChI is InChI=1S/C51H43BN4O2/c1-50(2)51(3,4)58-52(57-50)46-34-33-44(56(42-23-15-8-16-24-42)43-31-29-37(30-32-43)36-17-9-5-10-18-36)35-45(46)38-25-27-41(28-26-38)49-54-47(39-19-11-6-12-20-39)53-48(55-49)40-21-13-7-14-22-40/h5-35H,1-4H3. The maximum Gasteiger partial charge on any atom is 0.495 e. The predicted molar refractivity (Wildman–Crippen MR) is 237 cm³/mol. The Kier molecular flexibility index (Phi) is 9.78. The summed E-state index contributed by atoms with van der Waals surface area (Å²) in [5.74, 6) is 1.86. The van der Waals surface area contributed by atoms with E-state index in [1.807, 2.05) is 72.8 Å². The molecule has 2 heterocycles. The number of aromatic nitrogens is 3. The van der Waals surface area contributed by atoms with E-state index >= 15 is 0 Å². The first-order valence-corrected chi connectivity index (χ1v) is 19.7. The smallest absolute Gasteiger partial charge is 0.399 e. The topological polar surface area (TPSA) is 60.4 Å². The highest BCUT2D eigenvalue weighted by atomic mass is 16.7. The molecule has 0 radical (unpaired) electrons. The van der Waals surface area contributed by atoms with E-state index in [0.717, 1.165) is 50.3 Å². The number of hydrogen-bond acceptors (Lipinski definition) is 6. The van der Waals surface area contributed by atoms with Crippen molar-refractivity contribution in [2.45, 2.75) is 38.9 Å². The number of benzene rings is 7. The van der Waals surface area contributed by atoms with Crippen molar-refractivity contribution in [2.24, 2.45) is 0 Å². The molecule has 0 aliphatic carbocycles. The normalized spacial score (nSPS) is 14.3. The summed E-state index contributed by atoms with van der Waals surface area (Å²) in [6.07, 6.45) is 0. The average Bonchev–Trinajstić information content (AvgIpc) is 3.50. The zero-order valence-corrected chi connectivity index (χ0v) is 33.1. The van der Waals surface area contributed by atoms with Crippen molar-refractivity contribution in [3.05, 3.63) is 188 Å². The van der Waals surface area contributed by atoms with Gasteiger partial charge in [-0.3, -0.25) is 0 Å². The molecule has 1 aromatic heterocycles. The molecule has 9 rings (SSSR count). The summed E-state index contributed by atoms with van der Waals surface area (Å²) in [7, 11) is -0.561. The van der Waals surface area contributed by atoms with Crippen LogP contribution in [0, 0.1) is 0 Å². The Morgan fingerprint density at radius 1 is 0.379 bits per heavy atom. The van der Waals surface area contributed by atoms with Crippen molar-refractivity contribution in [3.8, 4) is 56.4 Å². The number of hydrogen-bond donors (Lipinski definition) is 0. The molecule has 7 heteroatoms. The molecule has 0 spiro atoms. The minimum atomic E-state index is -0.561. The summed E-state index contributed by atoms with van der Waals surface area (Å²) < 4.78 is 13.4. The van der Waals surface area contributed by atoms with Crippen LogP contribution in [0.25, 0.3) is 56.4 Å². The summed E-state index contributed by atoms with van der Waals surface area (Å²) in [5, 5.41) is 0. The van der Waals surface area contributed by atoms with E-state index in [1.165, 1.54) is 11.1 Å². The van der Waals surface area contributed by atoms with Crippen LogP contribution in [0.2, 0.25) is 0 Å². The summed E-state index contributed by atoms with van der Waals surface area (Å²) in [5.41, 5.74) is 10.2. The molecular formula is C51H43BN4O2. The molecule has 1 saturated heterocycles. The summed E-state index contributed by atoms with van der Waals surface area (Å²) in [6, 6.07) is 64.8. The number of nitrogens with zero attached hydrogens (tertiary/aromatic N) is 4. The van der Waals surface area contributed by atoms with Gasteiger partial charge in [0, 0.05) is 33.8 Å². The Labute approximate surface area is 341 Å². The van der Waals surface area contributed by atoms with Gasteiger partial charge in [-0.15, -0.1) is 0 Å². The van der Waals surface area contributed by atoms with Gasteiger partial charge in [-0.2, -0.15) is 0 Å². The molecular weight excluding hydrogens is 711 g/mol. The minimum Gasteiger partial charge on any atom is -0.399 e. The van der Waals surface area contributed by atoms with Gasteiger partial charge in [-0.05, 0) is 91.8 Å². The zero-order chi connectivity index (χ0) is 39.7. The van der Waals surface area contributed by atoms with Crippen LogP contribution in [0.1, 0.15) is 27.7 Å². The van der Waals surface area contributed by atoms with Crippen molar-refractivity contribution in [2.75, 3.05) is 4.90 Å². The van der Waals surface area contributed by atoms with Crippen LogP contribution >= 0.6 is 0 Å². The third-order valence-electron chi connectivity index (χ3n) is 11.2. The van der Waals surface area contributed by atoms with E-state index in [9.17, 15) is 0 Å². The van der Waals surface area contributed by atoms with Gasteiger partial charge in [0.15, 0.2) is 17.5 Å². The highest BCUT2D eigenvalue weighted by molar-refractivity contribution is 6.64. The Balaban J connectivity index is 1.15. The van der Waals surface area contributed by atoms with E-state index < -0.39 is 18.3 Å². The Hall–Kier alpha value is -6.67. The Morgan fingerprint density at radius 3 is 1.24 bits per heavy atom. The van der Waals surface area contributed by atoms with E-state index in [4.69, 9.17) is 24.3 Å². The molecule has 0 unspecified atom stereocenters. The van der Waals surface area contributed by atoms with Crippen LogP contribution in [0.4, 0.5) is 17.1 Å². The third kappa shape index (κ3) is 7.34. The van der Waals surface area contributed by atoms with E-state index in [-0.39, 0.29) is 0 Å². The van der Waals surface area contributed by atoms with Crippen LogP contribution in [-0.2, 0) is 9.31 Å². The molecule has 6 nitrogen and oxygen atoms in total. The van der Waals surface area contributed by atoms with Gasteiger partial charge in [-0.25, -0.2) is 15.0 Å². The van der Waals surface area contributed by atoms with Gasteiger partial charge in [0.25, 0.3) is 0 Å². The maximum absolute atomic E-state index is 6.68. The number of rotatable bonds is 9. The first kappa shape index (κ1) is 36.9. The lowest BCUT2D eigenvalue weighted by Crippen LogP contribution is -2.41. The monoisotopic (exact) mass is 754 g/mol. The van der Waals surface area contributed by atoms with E-state index in [2.05, 4.69) is 148 Å². The lowest BCUT2D eigenvalue weighted by Gasteiger charge is -2.32. The lowest BCUT2D eigenvalue weighted by atomic mass is 9.74. The molecule has 0 saturated carbocycles. The average molecular weight is 755 g/mol. The molecule has 7 aromatic carbocycles. The van der Waals surface area contributed by atoms with Crippen molar-refractivity contribution in [1.82, 2.24) is 15.0 Å². The van der Waals surface area contributed by atoms with Crippen molar-refractivity contribution < 1.29 is 9.31 Å². The summed E-state index contributed by atoms with van der Waals surface area (Å²) in [6.45, 7) is 8.37. The van der Waals surface area contributed by atoms with E-state index in [1.54, 1.807) is 0 Å². The summed E-state index contributed by atoms with van der Waals surface area (Å²) in [4.78, 5) is 17.1. The van der Waals surface area contributed by atoms with Crippen LogP contribution < -0.4 is 10.4 Å². The highest BCUT2D eigenvalue weighted by Gasteiger charge is 2.52. The van der Waals surface area contributed by atoms with Gasteiger partial charge < -0.3 is 14.2 Å². The largest absolute Gasteiger partial charge is 0.495 e. The van der Waals surface area contributed by atoms with Crippen LogP contribution in [0.5, 0.6) is 0 Å². The van der Waals surface area contributed by atoms with Gasteiger partial charge in [-0.1, -0.05) is 152 Å². The zero-order valence-electron chi connectivity index (χ0n) is 33.1. The quantitative estimate of drug-likeness (QED) is 0.137. The van der Waals surface area contributed by atoms with Gasteiger partial charge in [0.2, 0.25) is 0 Å². The van der Waals surface area contributed by atoms with Crippen LogP contribution in [-0.4, -0.2) is 33.3 Å². The first-order chi connectivity index (χ1) is 28.2. The summed E-state index contributed by atoms with van der Waals surface area (Å²) >= 11 is 0. The molecule has 1 fully saturated rings. The molecule has 0 N–H and O–H groups in total. The van der Waals surface area contributed by atoms with Crippen LogP contribution in [0.3, 0.4) is 0 Å². The first-order valence-electron chi connectivity index (χ1n) is 19.7. The van der Waals surface area contributed by atoms with Gasteiger partial charge in [0.1, 0.15) is 0 Å². The predicted octanol–water partition coefficient (Wildman–Crippen LogP) is 12.0. The Bertz CT molecular complexity index is 2580. The lowest BCUT2D eigenvalue weighted by molar-refractivity contribution is 0.00578. The van der Waals surface area contributed by atoms with Crippen molar-refractivity contribution in [1.29, 1.82) is 0 Å². The molecule has 0 bridgehead atoms. The fraction of sp³-hybridized carbons (Fsp3) is 0.118. The molecule has 0 atom stereocenters. The number of anilines is 3. The second-order valence-electron chi connectivity index (χ2n) is 15.6. The second kappa shape index (κ2) is 15.4. The molecule has 282 valence electrons. The minimum absolute atomic E-state index is 0.500.